The minimum atomic E-state index is -0.470. The largest absolute Gasteiger partial charge is 0.388 e. The van der Waals surface area contributed by atoms with Crippen LogP contribution in [0.5, 0.6) is 0 Å². The lowest BCUT2D eigenvalue weighted by atomic mass is 9.96. The van der Waals surface area contributed by atoms with E-state index in [1.54, 1.807) is 0 Å². The van der Waals surface area contributed by atoms with Crippen LogP contribution in [-0.2, 0) is 6.42 Å². The Kier molecular flexibility index (Phi) is 4.27. The van der Waals surface area contributed by atoms with E-state index >= 15 is 0 Å². The van der Waals surface area contributed by atoms with Crippen molar-refractivity contribution in [2.45, 2.75) is 19.4 Å². The zero-order valence-corrected chi connectivity index (χ0v) is 14.0. The number of hydrogen-bond donors (Lipinski definition) is 1. The van der Waals surface area contributed by atoms with Gasteiger partial charge in [0.1, 0.15) is 0 Å². The lowest BCUT2D eigenvalue weighted by Crippen LogP contribution is -2.05. The van der Waals surface area contributed by atoms with Crippen molar-refractivity contribution in [2.24, 2.45) is 0 Å². The molecule has 0 fully saturated rings. The van der Waals surface area contributed by atoms with Crippen LogP contribution >= 0.6 is 22.6 Å². The van der Waals surface area contributed by atoms with Crippen LogP contribution in [0.2, 0.25) is 0 Å². The molecule has 0 bridgehead atoms. The van der Waals surface area contributed by atoms with Crippen LogP contribution in [-0.4, -0.2) is 5.11 Å². The molecule has 106 valence electrons. The Hall–Kier alpha value is -1.39. The number of aryl methyl sites for hydroxylation is 1. The van der Waals surface area contributed by atoms with Crippen molar-refractivity contribution in [1.82, 2.24) is 0 Å². The molecule has 3 aromatic rings. The summed E-state index contributed by atoms with van der Waals surface area (Å²) in [6, 6.07) is 20.7. The van der Waals surface area contributed by atoms with Crippen molar-refractivity contribution < 1.29 is 5.11 Å². The SMILES string of the molecule is Cc1cccc(C(O)Cc2cccc3ccccc23)c1I. The van der Waals surface area contributed by atoms with Gasteiger partial charge in [0.2, 0.25) is 0 Å². The lowest BCUT2D eigenvalue weighted by Gasteiger charge is -2.15. The molecule has 0 saturated heterocycles. The van der Waals surface area contributed by atoms with E-state index in [0.29, 0.717) is 6.42 Å². The number of aliphatic hydroxyl groups is 1. The van der Waals surface area contributed by atoms with Crippen molar-refractivity contribution in [3.05, 3.63) is 80.9 Å². The molecular formula is C19H17IO. The van der Waals surface area contributed by atoms with Crippen LogP contribution in [0.15, 0.2) is 60.7 Å². The Bertz CT molecular complexity index is 774. The molecule has 0 radical (unpaired) electrons. The third-order valence-corrected chi connectivity index (χ3v) is 5.35. The molecule has 3 aromatic carbocycles. The van der Waals surface area contributed by atoms with E-state index in [9.17, 15) is 5.11 Å². The highest BCUT2D eigenvalue weighted by Crippen LogP contribution is 2.28. The first-order valence-electron chi connectivity index (χ1n) is 7.06. The van der Waals surface area contributed by atoms with Gasteiger partial charge in [0.15, 0.2) is 0 Å². The van der Waals surface area contributed by atoms with Gasteiger partial charge < -0.3 is 5.11 Å². The Labute approximate surface area is 138 Å². The van der Waals surface area contributed by atoms with E-state index in [4.69, 9.17) is 0 Å². The van der Waals surface area contributed by atoms with Crippen molar-refractivity contribution in [3.63, 3.8) is 0 Å². The predicted octanol–water partition coefficient (Wildman–Crippen LogP) is 5.03. The quantitative estimate of drug-likeness (QED) is 0.624. The smallest absolute Gasteiger partial charge is 0.0840 e. The monoisotopic (exact) mass is 388 g/mol. The van der Waals surface area contributed by atoms with Gasteiger partial charge in [-0.1, -0.05) is 60.7 Å². The Morgan fingerprint density at radius 2 is 1.67 bits per heavy atom. The Balaban J connectivity index is 1.97. The average Bonchev–Trinajstić information content (AvgIpc) is 2.50. The fraction of sp³-hybridized carbons (Fsp3) is 0.158. The maximum absolute atomic E-state index is 10.6. The molecule has 1 atom stereocenters. The fourth-order valence-corrected chi connectivity index (χ4v) is 3.44. The first kappa shape index (κ1) is 14.5. The van der Waals surface area contributed by atoms with Crippen LogP contribution in [0.3, 0.4) is 0 Å². The Morgan fingerprint density at radius 3 is 2.52 bits per heavy atom. The van der Waals surface area contributed by atoms with Gasteiger partial charge in [0.05, 0.1) is 6.10 Å². The molecule has 1 N–H and O–H groups in total. The number of rotatable bonds is 3. The highest BCUT2D eigenvalue weighted by Gasteiger charge is 2.14. The molecule has 1 nitrogen and oxygen atoms in total. The molecule has 0 aliphatic heterocycles. The van der Waals surface area contributed by atoms with Crippen molar-refractivity contribution >= 4 is 33.4 Å². The maximum Gasteiger partial charge on any atom is 0.0840 e. The van der Waals surface area contributed by atoms with Crippen LogP contribution in [0.1, 0.15) is 22.8 Å². The predicted molar refractivity (Wildman–Crippen MR) is 96.5 cm³/mol. The van der Waals surface area contributed by atoms with Crippen molar-refractivity contribution in [2.75, 3.05) is 0 Å². The maximum atomic E-state index is 10.6. The zero-order valence-electron chi connectivity index (χ0n) is 11.9. The summed E-state index contributed by atoms with van der Waals surface area (Å²) in [4.78, 5) is 0. The Morgan fingerprint density at radius 1 is 0.952 bits per heavy atom. The first-order valence-corrected chi connectivity index (χ1v) is 8.14. The molecule has 0 saturated carbocycles. The highest BCUT2D eigenvalue weighted by molar-refractivity contribution is 14.1. The van der Waals surface area contributed by atoms with E-state index in [0.717, 1.165) is 9.13 Å². The van der Waals surface area contributed by atoms with Crippen LogP contribution < -0.4 is 0 Å². The normalized spacial score (nSPS) is 12.5. The summed E-state index contributed by atoms with van der Waals surface area (Å²) in [5.74, 6) is 0. The van der Waals surface area contributed by atoms with Crippen LogP contribution in [0.25, 0.3) is 10.8 Å². The molecule has 2 heteroatoms. The van der Waals surface area contributed by atoms with E-state index in [2.05, 4.69) is 72.0 Å². The fourth-order valence-electron chi connectivity index (χ4n) is 2.72. The van der Waals surface area contributed by atoms with Gasteiger partial charge in [-0.3, -0.25) is 0 Å². The summed E-state index contributed by atoms with van der Waals surface area (Å²) in [5.41, 5.74) is 3.42. The highest BCUT2D eigenvalue weighted by atomic mass is 127. The number of aliphatic hydroxyl groups excluding tert-OH is 1. The van der Waals surface area contributed by atoms with Crippen molar-refractivity contribution in [1.29, 1.82) is 0 Å². The van der Waals surface area contributed by atoms with Gasteiger partial charge in [-0.05, 0) is 57.0 Å². The summed E-state index contributed by atoms with van der Waals surface area (Å²) in [7, 11) is 0. The molecule has 0 amide bonds. The standard InChI is InChI=1S/C19H17IO/c1-13-6-4-11-17(19(13)20)18(21)12-15-9-5-8-14-7-2-3-10-16(14)15/h2-11,18,21H,12H2,1H3. The van der Waals surface area contributed by atoms with Gasteiger partial charge in [-0.2, -0.15) is 0 Å². The van der Waals surface area contributed by atoms with Crippen LogP contribution in [0, 0.1) is 10.5 Å². The number of benzene rings is 3. The summed E-state index contributed by atoms with van der Waals surface area (Å²) in [5, 5.41) is 13.1. The third-order valence-electron chi connectivity index (χ3n) is 3.87. The second kappa shape index (κ2) is 6.16. The van der Waals surface area contributed by atoms with E-state index in [1.807, 2.05) is 18.2 Å². The van der Waals surface area contributed by atoms with Gasteiger partial charge in [-0.15, -0.1) is 0 Å². The minimum Gasteiger partial charge on any atom is -0.388 e. The molecule has 0 aliphatic rings. The summed E-state index contributed by atoms with van der Waals surface area (Å²) in [6.07, 6.45) is 0.170. The topological polar surface area (TPSA) is 20.2 Å². The molecule has 21 heavy (non-hydrogen) atoms. The van der Waals surface area contributed by atoms with E-state index in [-0.39, 0.29) is 0 Å². The number of halogens is 1. The lowest BCUT2D eigenvalue weighted by molar-refractivity contribution is 0.178. The average molecular weight is 388 g/mol. The van der Waals surface area contributed by atoms with E-state index < -0.39 is 6.10 Å². The van der Waals surface area contributed by atoms with E-state index in [1.165, 1.54) is 21.9 Å². The summed E-state index contributed by atoms with van der Waals surface area (Å²) >= 11 is 2.32. The molecule has 3 rings (SSSR count). The molecule has 0 aliphatic carbocycles. The van der Waals surface area contributed by atoms with Crippen molar-refractivity contribution in [3.8, 4) is 0 Å². The van der Waals surface area contributed by atoms with Gasteiger partial charge in [0, 0.05) is 9.99 Å². The second-order valence-electron chi connectivity index (χ2n) is 5.34. The minimum absolute atomic E-state index is 0.470. The molecule has 0 aromatic heterocycles. The van der Waals surface area contributed by atoms with Gasteiger partial charge in [0.25, 0.3) is 0 Å². The summed E-state index contributed by atoms with van der Waals surface area (Å²) < 4.78 is 1.16. The summed E-state index contributed by atoms with van der Waals surface area (Å²) in [6.45, 7) is 2.08. The number of fused-ring (bicyclic) bond motifs is 1. The second-order valence-corrected chi connectivity index (χ2v) is 6.42. The first-order chi connectivity index (χ1) is 10.2. The molecule has 0 spiro atoms. The number of hydrogen-bond acceptors (Lipinski definition) is 1. The third kappa shape index (κ3) is 2.97. The van der Waals surface area contributed by atoms with Crippen LogP contribution in [0.4, 0.5) is 0 Å². The molecular weight excluding hydrogens is 371 g/mol. The molecule has 0 heterocycles. The molecule has 1 unspecified atom stereocenters. The van der Waals surface area contributed by atoms with Gasteiger partial charge >= 0.3 is 0 Å². The zero-order chi connectivity index (χ0) is 14.8. The van der Waals surface area contributed by atoms with Gasteiger partial charge in [-0.25, -0.2) is 0 Å².